The van der Waals surface area contributed by atoms with Crippen LogP contribution in [0.4, 0.5) is 5.69 Å². The Labute approximate surface area is 173 Å². The van der Waals surface area contributed by atoms with Crippen LogP contribution in [0.3, 0.4) is 0 Å². The van der Waals surface area contributed by atoms with E-state index < -0.39 is 6.10 Å². The number of hydrogen-bond acceptors (Lipinski definition) is 6. The summed E-state index contributed by atoms with van der Waals surface area (Å²) in [6.07, 6.45) is 10.9. The molecule has 0 bridgehead atoms. The molecule has 0 radical (unpaired) electrons. The van der Waals surface area contributed by atoms with Crippen LogP contribution in [0.25, 0.3) is 11.2 Å². The second-order valence-corrected chi connectivity index (χ2v) is 8.19. The summed E-state index contributed by atoms with van der Waals surface area (Å²) in [5, 5.41) is 19.7. The highest BCUT2D eigenvalue weighted by molar-refractivity contribution is 5.51. The van der Waals surface area contributed by atoms with Crippen LogP contribution >= 0.6 is 0 Å². The van der Waals surface area contributed by atoms with Crippen molar-refractivity contribution in [2.45, 2.75) is 37.7 Å². The maximum atomic E-state index is 11.2. The van der Waals surface area contributed by atoms with Crippen molar-refractivity contribution in [2.24, 2.45) is 0 Å². The maximum Gasteiger partial charge on any atom is 0.142 e. The van der Waals surface area contributed by atoms with Gasteiger partial charge in [0, 0.05) is 24.7 Å². The van der Waals surface area contributed by atoms with Crippen molar-refractivity contribution in [1.29, 1.82) is 0 Å². The lowest BCUT2D eigenvalue weighted by atomic mass is 10.1. The first-order chi connectivity index (χ1) is 14.8. The Morgan fingerprint density at radius 3 is 2.53 bits per heavy atom. The third kappa shape index (κ3) is 2.95. The molecule has 4 heterocycles. The standard InChI is InChI=1S/C22H23N7O/c30-22(21-20(15-3-4-15)24-12-18-11-23-14-28(18)21)19-13-29(26-25-19)17-7-5-16(6-8-17)27-9-1-2-10-27/h5-8,11-15,22,30H,1-4,9-10H2/t22-/m0/s1. The number of aliphatic hydroxyl groups excluding tert-OH is 1. The van der Waals surface area contributed by atoms with Crippen molar-refractivity contribution in [3.63, 3.8) is 0 Å². The molecule has 1 N–H and O–H groups in total. The third-order valence-electron chi connectivity index (χ3n) is 6.12. The lowest BCUT2D eigenvalue weighted by molar-refractivity contribution is 0.206. The van der Waals surface area contributed by atoms with Crippen molar-refractivity contribution < 1.29 is 5.11 Å². The minimum Gasteiger partial charge on any atom is -0.380 e. The van der Waals surface area contributed by atoms with Crippen molar-refractivity contribution in [3.05, 3.63) is 66.3 Å². The predicted molar refractivity (Wildman–Crippen MR) is 112 cm³/mol. The summed E-state index contributed by atoms with van der Waals surface area (Å²) in [5.41, 5.74) is 5.19. The summed E-state index contributed by atoms with van der Waals surface area (Å²) in [6, 6.07) is 8.35. The molecule has 0 spiro atoms. The van der Waals surface area contributed by atoms with E-state index >= 15 is 0 Å². The summed E-state index contributed by atoms with van der Waals surface area (Å²) in [5.74, 6) is 0.398. The molecule has 8 heteroatoms. The van der Waals surface area contributed by atoms with Gasteiger partial charge in [0.1, 0.15) is 11.8 Å². The van der Waals surface area contributed by atoms with Gasteiger partial charge >= 0.3 is 0 Å². The Hall–Kier alpha value is -3.26. The predicted octanol–water partition coefficient (Wildman–Crippen LogP) is 2.87. The summed E-state index contributed by atoms with van der Waals surface area (Å²) in [7, 11) is 0. The van der Waals surface area contributed by atoms with E-state index in [9.17, 15) is 5.11 Å². The van der Waals surface area contributed by atoms with Crippen LogP contribution < -0.4 is 4.90 Å². The Morgan fingerprint density at radius 1 is 1.00 bits per heavy atom. The molecule has 3 aromatic heterocycles. The van der Waals surface area contributed by atoms with Crippen LogP contribution in [-0.4, -0.2) is 47.6 Å². The molecule has 1 saturated carbocycles. The number of aromatic nitrogens is 6. The average Bonchev–Trinajstić information content (AvgIpc) is 3.21. The van der Waals surface area contributed by atoms with Crippen molar-refractivity contribution >= 4 is 11.2 Å². The first kappa shape index (κ1) is 17.6. The van der Waals surface area contributed by atoms with Gasteiger partial charge in [0.25, 0.3) is 0 Å². The van der Waals surface area contributed by atoms with E-state index in [0.717, 1.165) is 48.5 Å². The van der Waals surface area contributed by atoms with E-state index in [4.69, 9.17) is 0 Å². The van der Waals surface area contributed by atoms with E-state index in [2.05, 4.69) is 37.3 Å². The zero-order valence-corrected chi connectivity index (χ0v) is 16.6. The van der Waals surface area contributed by atoms with Gasteiger partial charge in [-0.3, -0.25) is 9.38 Å². The smallest absolute Gasteiger partial charge is 0.142 e. The lowest BCUT2D eigenvalue weighted by Crippen LogP contribution is -2.17. The third-order valence-corrected chi connectivity index (χ3v) is 6.12. The highest BCUT2D eigenvalue weighted by atomic mass is 16.3. The molecule has 8 nitrogen and oxygen atoms in total. The molecule has 0 amide bonds. The number of nitrogens with zero attached hydrogens (tertiary/aromatic N) is 7. The van der Waals surface area contributed by atoms with E-state index in [1.54, 1.807) is 23.4 Å². The fraction of sp³-hybridized carbons (Fsp3) is 0.364. The van der Waals surface area contributed by atoms with E-state index in [1.807, 2.05) is 22.7 Å². The molecule has 1 atom stereocenters. The average molecular weight is 401 g/mol. The molecule has 1 aliphatic heterocycles. The van der Waals surface area contributed by atoms with Crippen LogP contribution in [0.2, 0.25) is 0 Å². The second-order valence-electron chi connectivity index (χ2n) is 8.19. The Balaban J connectivity index is 1.32. The van der Waals surface area contributed by atoms with Crippen LogP contribution in [0.15, 0.2) is 49.2 Å². The first-order valence-electron chi connectivity index (χ1n) is 10.5. The lowest BCUT2D eigenvalue weighted by Gasteiger charge is -2.17. The quantitative estimate of drug-likeness (QED) is 0.554. The van der Waals surface area contributed by atoms with Crippen molar-refractivity contribution in [1.82, 2.24) is 29.4 Å². The number of fused-ring (bicyclic) bond motifs is 1. The van der Waals surface area contributed by atoms with Gasteiger partial charge in [0.2, 0.25) is 0 Å². The van der Waals surface area contributed by atoms with Crippen molar-refractivity contribution in [3.8, 4) is 5.69 Å². The fourth-order valence-electron chi connectivity index (χ4n) is 4.33. The van der Waals surface area contributed by atoms with E-state index in [1.165, 1.54) is 18.5 Å². The highest BCUT2D eigenvalue weighted by Gasteiger charge is 2.32. The number of anilines is 1. The van der Waals surface area contributed by atoms with Crippen LogP contribution in [0, 0.1) is 0 Å². The van der Waals surface area contributed by atoms with Gasteiger partial charge in [0.05, 0.1) is 47.5 Å². The number of rotatable bonds is 5. The normalized spacial score (nSPS) is 17.7. The van der Waals surface area contributed by atoms with E-state index in [-0.39, 0.29) is 0 Å². The Bertz CT molecular complexity index is 1190. The number of hydrogen-bond donors (Lipinski definition) is 1. The van der Waals surface area contributed by atoms with Crippen LogP contribution in [0.1, 0.15) is 54.8 Å². The minimum absolute atomic E-state index is 0.398. The minimum atomic E-state index is -0.913. The first-order valence-corrected chi connectivity index (χ1v) is 10.5. The van der Waals surface area contributed by atoms with Gasteiger partial charge in [-0.1, -0.05) is 5.21 Å². The van der Waals surface area contributed by atoms with Crippen LogP contribution in [-0.2, 0) is 0 Å². The van der Waals surface area contributed by atoms with Gasteiger partial charge in [0.15, 0.2) is 0 Å². The summed E-state index contributed by atoms with van der Waals surface area (Å²) in [6.45, 7) is 2.24. The summed E-state index contributed by atoms with van der Waals surface area (Å²) < 4.78 is 3.62. The number of benzene rings is 1. The molecule has 1 aliphatic carbocycles. The monoisotopic (exact) mass is 401 g/mol. The summed E-state index contributed by atoms with van der Waals surface area (Å²) in [4.78, 5) is 11.2. The number of imidazole rings is 1. The molecular formula is C22H23N7O. The van der Waals surface area contributed by atoms with Gasteiger partial charge in [-0.2, -0.15) is 0 Å². The largest absolute Gasteiger partial charge is 0.380 e. The summed E-state index contributed by atoms with van der Waals surface area (Å²) >= 11 is 0. The number of aliphatic hydroxyl groups is 1. The topological polar surface area (TPSA) is 84.4 Å². The zero-order chi connectivity index (χ0) is 20.1. The second kappa shape index (κ2) is 6.91. The van der Waals surface area contributed by atoms with Gasteiger partial charge < -0.3 is 10.0 Å². The molecule has 1 aromatic carbocycles. The molecule has 2 fully saturated rings. The molecular weight excluding hydrogens is 378 g/mol. The maximum absolute atomic E-state index is 11.2. The zero-order valence-electron chi connectivity index (χ0n) is 16.6. The molecule has 2 aliphatic rings. The molecule has 0 unspecified atom stereocenters. The molecule has 6 rings (SSSR count). The van der Waals surface area contributed by atoms with Gasteiger partial charge in [-0.25, -0.2) is 9.67 Å². The van der Waals surface area contributed by atoms with Gasteiger partial charge in [-0.05, 0) is 49.9 Å². The fourth-order valence-corrected chi connectivity index (χ4v) is 4.33. The molecule has 4 aromatic rings. The van der Waals surface area contributed by atoms with E-state index in [0.29, 0.717) is 11.6 Å². The highest BCUT2D eigenvalue weighted by Crippen LogP contribution is 2.42. The molecule has 152 valence electrons. The molecule has 30 heavy (non-hydrogen) atoms. The molecule has 1 saturated heterocycles. The Kier molecular flexibility index (Phi) is 4.05. The Morgan fingerprint density at radius 2 is 1.77 bits per heavy atom. The van der Waals surface area contributed by atoms with Crippen molar-refractivity contribution in [2.75, 3.05) is 18.0 Å². The SMILES string of the molecule is O[C@@H](c1cn(-c2ccc(N3CCCC3)cc2)nn1)c1c(C2CC2)ncc2cncn12. The van der Waals surface area contributed by atoms with Crippen LogP contribution in [0.5, 0.6) is 0 Å². The van der Waals surface area contributed by atoms with Gasteiger partial charge in [-0.15, -0.1) is 5.10 Å².